The molecule has 21 heavy (non-hydrogen) atoms. The van der Waals surface area contributed by atoms with E-state index in [0.717, 1.165) is 24.3 Å². The Labute approximate surface area is 131 Å². The minimum Gasteiger partial charge on any atom is -0.279 e. The van der Waals surface area contributed by atoms with Crippen molar-refractivity contribution in [2.24, 2.45) is 0 Å². The Bertz CT molecular complexity index is 791. The summed E-state index contributed by atoms with van der Waals surface area (Å²) < 4.78 is 65.6. The topological polar surface area (TPSA) is 46.2 Å². The lowest BCUT2D eigenvalue weighted by atomic mass is 10.3. The highest BCUT2D eigenvalue weighted by Crippen LogP contribution is 2.29. The lowest BCUT2D eigenvalue weighted by Crippen LogP contribution is -2.15. The van der Waals surface area contributed by atoms with E-state index < -0.39 is 32.4 Å². The normalized spacial score (nSPS) is 11.5. The van der Waals surface area contributed by atoms with Crippen LogP contribution in [0.5, 0.6) is 0 Å². The van der Waals surface area contributed by atoms with Crippen molar-refractivity contribution in [2.45, 2.75) is 4.90 Å². The van der Waals surface area contributed by atoms with E-state index in [-0.39, 0.29) is 15.2 Å². The number of halogens is 5. The molecule has 0 amide bonds. The largest absolute Gasteiger partial charge is 0.279 e. The van der Waals surface area contributed by atoms with Gasteiger partial charge in [0.25, 0.3) is 10.0 Å². The molecule has 0 aliphatic carbocycles. The second-order valence-corrected chi connectivity index (χ2v) is 6.81. The van der Waals surface area contributed by atoms with Crippen molar-refractivity contribution in [1.29, 1.82) is 0 Å². The number of hydrogen-bond acceptors (Lipinski definition) is 2. The van der Waals surface area contributed by atoms with Crippen LogP contribution in [0.3, 0.4) is 0 Å². The van der Waals surface area contributed by atoms with Crippen LogP contribution in [0.2, 0.25) is 5.02 Å². The Morgan fingerprint density at radius 2 is 1.71 bits per heavy atom. The minimum atomic E-state index is -4.34. The van der Waals surface area contributed by atoms with Gasteiger partial charge in [-0.05, 0) is 40.2 Å². The van der Waals surface area contributed by atoms with Crippen LogP contribution in [0.1, 0.15) is 0 Å². The SMILES string of the molecule is O=S(=O)(Nc1ccc(F)c(Cl)c1)c1c(F)cc(F)cc1Br. The summed E-state index contributed by atoms with van der Waals surface area (Å²) in [5.74, 6) is -2.92. The molecule has 112 valence electrons. The summed E-state index contributed by atoms with van der Waals surface area (Å²) in [4.78, 5) is -0.760. The molecule has 2 aromatic carbocycles. The predicted molar refractivity (Wildman–Crippen MR) is 76.3 cm³/mol. The highest BCUT2D eigenvalue weighted by molar-refractivity contribution is 9.10. The number of nitrogens with one attached hydrogen (secondary N) is 1. The van der Waals surface area contributed by atoms with Gasteiger partial charge in [-0.2, -0.15) is 0 Å². The summed E-state index contributed by atoms with van der Waals surface area (Å²) in [7, 11) is -4.34. The van der Waals surface area contributed by atoms with E-state index in [1.807, 2.05) is 4.72 Å². The average Bonchev–Trinajstić information content (AvgIpc) is 2.31. The van der Waals surface area contributed by atoms with Crippen LogP contribution in [-0.4, -0.2) is 8.42 Å². The van der Waals surface area contributed by atoms with Gasteiger partial charge in [-0.15, -0.1) is 0 Å². The zero-order valence-corrected chi connectivity index (χ0v) is 13.2. The number of rotatable bonds is 3. The number of benzene rings is 2. The summed E-state index contributed by atoms with van der Waals surface area (Å²) in [6, 6.07) is 4.36. The molecule has 3 nitrogen and oxygen atoms in total. The third-order valence-electron chi connectivity index (χ3n) is 2.40. The highest BCUT2D eigenvalue weighted by atomic mass is 79.9. The second kappa shape index (κ2) is 5.86. The van der Waals surface area contributed by atoms with Gasteiger partial charge in [0.2, 0.25) is 0 Å². The summed E-state index contributed by atoms with van der Waals surface area (Å²) in [6.07, 6.45) is 0. The van der Waals surface area contributed by atoms with Gasteiger partial charge in [0.05, 0.1) is 10.7 Å². The van der Waals surface area contributed by atoms with Crippen LogP contribution in [0.25, 0.3) is 0 Å². The first-order valence-electron chi connectivity index (χ1n) is 5.33. The van der Waals surface area contributed by atoms with Crippen LogP contribution >= 0.6 is 27.5 Å². The van der Waals surface area contributed by atoms with E-state index in [0.29, 0.717) is 6.07 Å². The molecule has 0 fully saturated rings. The maximum absolute atomic E-state index is 13.7. The molecule has 0 atom stereocenters. The molecule has 1 N–H and O–H groups in total. The monoisotopic (exact) mass is 399 g/mol. The quantitative estimate of drug-likeness (QED) is 0.834. The van der Waals surface area contributed by atoms with Crippen LogP contribution in [-0.2, 0) is 10.0 Å². The zero-order chi connectivity index (χ0) is 15.8. The first-order chi connectivity index (χ1) is 9.70. The molecular weight excluding hydrogens is 395 g/mol. The van der Waals surface area contributed by atoms with Crippen molar-refractivity contribution in [3.8, 4) is 0 Å². The van der Waals surface area contributed by atoms with Crippen LogP contribution in [0, 0.1) is 17.5 Å². The summed E-state index contributed by atoms with van der Waals surface area (Å²) in [5, 5.41) is -0.297. The third kappa shape index (κ3) is 3.50. The molecule has 0 saturated heterocycles. The van der Waals surface area contributed by atoms with Crippen LogP contribution in [0.4, 0.5) is 18.9 Å². The molecule has 0 saturated carbocycles. The van der Waals surface area contributed by atoms with E-state index in [4.69, 9.17) is 11.6 Å². The minimum absolute atomic E-state index is 0.0583. The molecule has 0 spiro atoms. The molecule has 0 aliphatic rings. The molecule has 2 aromatic rings. The van der Waals surface area contributed by atoms with Crippen molar-refractivity contribution in [1.82, 2.24) is 0 Å². The molecular formula is C12H6BrClF3NO2S. The lowest BCUT2D eigenvalue weighted by molar-refractivity contribution is 0.548. The van der Waals surface area contributed by atoms with E-state index in [2.05, 4.69) is 15.9 Å². The fourth-order valence-corrected chi connectivity index (χ4v) is 3.95. The van der Waals surface area contributed by atoms with Crippen molar-refractivity contribution >= 4 is 43.2 Å². The molecule has 9 heteroatoms. The summed E-state index contributed by atoms with van der Waals surface area (Å²) >= 11 is 8.32. The van der Waals surface area contributed by atoms with Gasteiger partial charge in [-0.25, -0.2) is 21.6 Å². The molecule has 0 radical (unpaired) electrons. The van der Waals surface area contributed by atoms with E-state index >= 15 is 0 Å². The Morgan fingerprint density at radius 1 is 1.05 bits per heavy atom. The summed E-state index contributed by atoms with van der Waals surface area (Å²) in [6.45, 7) is 0. The van der Waals surface area contributed by atoms with Crippen LogP contribution in [0.15, 0.2) is 39.7 Å². The third-order valence-corrected chi connectivity index (χ3v) is 5.04. The fraction of sp³-hybridized carbons (Fsp3) is 0. The van der Waals surface area contributed by atoms with Crippen molar-refractivity contribution < 1.29 is 21.6 Å². The Morgan fingerprint density at radius 3 is 2.29 bits per heavy atom. The van der Waals surface area contributed by atoms with Gasteiger partial charge < -0.3 is 0 Å². The molecule has 2 rings (SSSR count). The van der Waals surface area contributed by atoms with Gasteiger partial charge in [-0.3, -0.25) is 4.72 Å². The molecule has 0 bridgehead atoms. The lowest BCUT2D eigenvalue weighted by Gasteiger charge is -2.11. The number of hydrogen-bond donors (Lipinski definition) is 1. The smallest absolute Gasteiger partial charge is 0.265 e. The maximum atomic E-state index is 13.7. The maximum Gasteiger partial charge on any atom is 0.265 e. The molecule has 0 aromatic heterocycles. The predicted octanol–water partition coefficient (Wildman–Crippen LogP) is 4.32. The number of anilines is 1. The van der Waals surface area contributed by atoms with E-state index in [9.17, 15) is 21.6 Å². The van der Waals surface area contributed by atoms with E-state index in [1.54, 1.807) is 0 Å². The van der Waals surface area contributed by atoms with Crippen molar-refractivity contribution in [3.63, 3.8) is 0 Å². The van der Waals surface area contributed by atoms with Gasteiger partial charge in [-0.1, -0.05) is 11.6 Å². The Balaban J connectivity index is 2.46. The average molecular weight is 401 g/mol. The van der Waals surface area contributed by atoms with Gasteiger partial charge in [0, 0.05) is 10.5 Å². The first kappa shape index (κ1) is 16.1. The van der Waals surface area contributed by atoms with Crippen molar-refractivity contribution in [2.75, 3.05) is 4.72 Å². The summed E-state index contributed by atoms with van der Waals surface area (Å²) in [5.41, 5.74) is -0.0583. The Kier molecular flexibility index (Phi) is 4.50. The van der Waals surface area contributed by atoms with Crippen molar-refractivity contribution in [3.05, 3.63) is 57.3 Å². The molecule has 0 unspecified atom stereocenters. The van der Waals surface area contributed by atoms with Gasteiger partial charge in [0.1, 0.15) is 22.3 Å². The first-order valence-corrected chi connectivity index (χ1v) is 7.98. The Hall–Kier alpha value is -1.25. The molecule has 0 heterocycles. The van der Waals surface area contributed by atoms with Crippen LogP contribution < -0.4 is 4.72 Å². The fourth-order valence-electron chi connectivity index (χ4n) is 1.55. The van der Waals surface area contributed by atoms with E-state index in [1.165, 1.54) is 0 Å². The second-order valence-electron chi connectivity index (χ2n) is 3.93. The molecule has 0 aliphatic heterocycles. The standard InChI is InChI=1S/C12H6BrClF3NO2S/c13-8-3-6(15)4-11(17)12(8)21(19,20)18-7-1-2-10(16)9(14)5-7/h1-5,18H. The highest BCUT2D eigenvalue weighted by Gasteiger charge is 2.24. The van der Waals surface area contributed by atoms with Gasteiger partial charge in [0.15, 0.2) is 0 Å². The van der Waals surface area contributed by atoms with Gasteiger partial charge >= 0.3 is 0 Å². The number of sulfonamides is 1. The zero-order valence-electron chi connectivity index (χ0n) is 10.0.